The van der Waals surface area contributed by atoms with E-state index in [9.17, 15) is 9.59 Å². The van der Waals surface area contributed by atoms with Gasteiger partial charge < -0.3 is 19.9 Å². The van der Waals surface area contributed by atoms with Gasteiger partial charge in [-0.15, -0.1) is 0 Å². The molecular formula is C11H15NO5. The number of rotatable bonds is 6. The Balaban J connectivity index is 2.73. The number of carboxylic acids is 1. The maximum absolute atomic E-state index is 11.8. The lowest BCUT2D eigenvalue weighted by atomic mass is 10.1. The average molecular weight is 241 g/mol. The van der Waals surface area contributed by atoms with Crippen LogP contribution in [0, 0.1) is 0 Å². The molecule has 1 amide bonds. The van der Waals surface area contributed by atoms with E-state index in [1.165, 1.54) is 12.3 Å². The molecule has 0 aliphatic rings. The molecule has 0 aliphatic carbocycles. The Morgan fingerprint density at radius 2 is 2.24 bits per heavy atom. The molecule has 1 aromatic rings. The first-order valence-corrected chi connectivity index (χ1v) is 5.31. The first kappa shape index (κ1) is 13.2. The molecule has 0 aliphatic heterocycles. The van der Waals surface area contributed by atoms with Crippen LogP contribution in [-0.2, 0) is 11.2 Å². The van der Waals surface area contributed by atoms with E-state index >= 15 is 0 Å². The van der Waals surface area contributed by atoms with E-state index in [2.05, 4.69) is 5.32 Å². The molecule has 3 N–H and O–H groups in total. The molecule has 94 valence electrons. The van der Waals surface area contributed by atoms with E-state index in [0.29, 0.717) is 17.7 Å². The van der Waals surface area contributed by atoms with Crippen LogP contribution in [0.3, 0.4) is 0 Å². The minimum absolute atomic E-state index is 0.0274. The van der Waals surface area contributed by atoms with Crippen LogP contribution in [0.25, 0.3) is 0 Å². The monoisotopic (exact) mass is 241 g/mol. The molecule has 1 aromatic heterocycles. The summed E-state index contributed by atoms with van der Waals surface area (Å²) in [5.74, 6) is -1.17. The van der Waals surface area contributed by atoms with Crippen LogP contribution < -0.4 is 5.32 Å². The Labute approximate surface area is 98.2 Å². The topological polar surface area (TPSA) is 99.8 Å². The number of carbonyl (C=O) groups excluding carboxylic acids is 1. The van der Waals surface area contributed by atoms with Crippen LogP contribution in [-0.4, -0.2) is 34.7 Å². The average Bonchev–Trinajstić information content (AvgIpc) is 2.76. The molecule has 1 atom stereocenters. The number of hydrogen-bond donors (Lipinski definition) is 3. The Hall–Kier alpha value is -1.82. The predicted molar refractivity (Wildman–Crippen MR) is 58.7 cm³/mol. The van der Waals surface area contributed by atoms with Crippen LogP contribution in [0.1, 0.15) is 29.5 Å². The number of carbonyl (C=O) groups is 2. The van der Waals surface area contributed by atoms with Crippen molar-refractivity contribution in [3.8, 4) is 0 Å². The lowest BCUT2D eigenvalue weighted by Gasteiger charge is -2.12. The summed E-state index contributed by atoms with van der Waals surface area (Å²) < 4.78 is 5.08. The van der Waals surface area contributed by atoms with Crippen molar-refractivity contribution < 1.29 is 24.2 Å². The Kier molecular flexibility index (Phi) is 4.71. The maximum Gasteiger partial charge on any atom is 0.326 e. The third-order valence-corrected chi connectivity index (χ3v) is 2.33. The summed E-state index contributed by atoms with van der Waals surface area (Å²) in [6.07, 6.45) is 1.91. The highest BCUT2D eigenvalue weighted by Crippen LogP contribution is 2.11. The molecular weight excluding hydrogens is 226 g/mol. The van der Waals surface area contributed by atoms with Gasteiger partial charge in [-0.25, -0.2) is 4.79 Å². The molecule has 0 bridgehead atoms. The molecule has 1 rings (SSSR count). The molecule has 0 radical (unpaired) electrons. The molecule has 1 heterocycles. The molecule has 0 aromatic carbocycles. The largest absolute Gasteiger partial charge is 0.480 e. The van der Waals surface area contributed by atoms with Gasteiger partial charge in [0.2, 0.25) is 0 Å². The summed E-state index contributed by atoms with van der Waals surface area (Å²) in [5.41, 5.74) is 0.330. The van der Waals surface area contributed by atoms with Gasteiger partial charge in [0.15, 0.2) is 0 Å². The second-order valence-electron chi connectivity index (χ2n) is 3.49. The smallest absolute Gasteiger partial charge is 0.326 e. The summed E-state index contributed by atoms with van der Waals surface area (Å²) in [4.78, 5) is 22.6. The van der Waals surface area contributed by atoms with Crippen LogP contribution >= 0.6 is 0 Å². The Bertz CT molecular complexity index is 398. The zero-order valence-corrected chi connectivity index (χ0v) is 9.47. The molecule has 17 heavy (non-hydrogen) atoms. The zero-order valence-electron chi connectivity index (χ0n) is 9.47. The van der Waals surface area contributed by atoms with Gasteiger partial charge in [-0.1, -0.05) is 6.92 Å². The van der Waals surface area contributed by atoms with Gasteiger partial charge >= 0.3 is 5.97 Å². The molecule has 0 spiro atoms. The van der Waals surface area contributed by atoms with Crippen LogP contribution in [0.15, 0.2) is 16.7 Å². The second-order valence-corrected chi connectivity index (χ2v) is 3.49. The minimum Gasteiger partial charge on any atom is -0.480 e. The summed E-state index contributed by atoms with van der Waals surface area (Å²) in [6.45, 7) is 1.53. The zero-order chi connectivity index (χ0) is 12.8. The third-order valence-electron chi connectivity index (χ3n) is 2.33. The maximum atomic E-state index is 11.8. The van der Waals surface area contributed by atoms with Gasteiger partial charge in [-0.3, -0.25) is 4.79 Å². The van der Waals surface area contributed by atoms with Crippen molar-refractivity contribution in [3.63, 3.8) is 0 Å². The van der Waals surface area contributed by atoms with Gasteiger partial charge in [0.05, 0.1) is 11.8 Å². The number of aliphatic hydroxyl groups is 1. The number of amides is 1. The standard InChI is InChI=1S/C11H15NO5/c1-2-9-7(4-6-17-9)10(14)12-8(3-5-13)11(15)16/h4,6,8,13H,2-3,5H2,1H3,(H,12,14)(H,15,16). The number of furan rings is 1. The van der Waals surface area contributed by atoms with Gasteiger partial charge in [0, 0.05) is 19.4 Å². The Morgan fingerprint density at radius 1 is 1.53 bits per heavy atom. The molecule has 1 unspecified atom stereocenters. The van der Waals surface area contributed by atoms with E-state index in [1.807, 2.05) is 6.92 Å². The molecule has 6 nitrogen and oxygen atoms in total. The van der Waals surface area contributed by atoms with Crippen molar-refractivity contribution in [1.29, 1.82) is 0 Å². The van der Waals surface area contributed by atoms with Gasteiger partial charge in [0.1, 0.15) is 11.8 Å². The molecule has 6 heteroatoms. The van der Waals surface area contributed by atoms with E-state index in [0.717, 1.165) is 0 Å². The number of aliphatic hydroxyl groups excluding tert-OH is 1. The SMILES string of the molecule is CCc1occc1C(=O)NC(CCO)C(=O)O. The number of aryl methyl sites for hydroxylation is 1. The lowest BCUT2D eigenvalue weighted by molar-refractivity contribution is -0.139. The summed E-state index contributed by atoms with van der Waals surface area (Å²) in [5, 5.41) is 19.9. The second kappa shape index (κ2) is 6.05. The van der Waals surface area contributed by atoms with Crippen LogP contribution in [0.2, 0.25) is 0 Å². The Morgan fingerprint density at radius 3 is 2.76 bits per heavy atom. The summed E-state index contributed by atoms with van der Waals surface area (Å²) in [7, 11) is 0. The number of hydrogen-bond acceptors (Lipinski definition) is 4. The first-order chi connectivity index (χ1) is 8.10. The van der Waals surface area contributed by atoms with Gasteiger partial charge in [-0.2, -0.15) is 0 Å². The van der Waals surface area contributed by atoms with Crippen LogP contribution in [0.4, 0.5) is 0 Å². The number of aliphatic carboxylic acids is 1. The summed E-state index contributed by atoms with van der Waals surface area (Å²) >= 11 is 0. The molecule has 0 fully saturated rings. The van der Waals surface area contributed by atoms with Crippen molar-refractivity contribution in [1.82, 2.24) is 5.32 Å². The number of carboxylic acid groups (broad SMARTS) is 1. The van der Waals surface area contributed by atoms with Crippen molar-refractivity contribution >= 4 is 11.9 Å². The highest BCUT2D eigenvalue weighted by molar-refractivity contribution is 5.97. The lowest BCUT2D eigenvalue weighted by Crippen LogP contribution is -2.41. The quantitative estimate of drug-likeness (QED) is 0.669. The van der Waals surface area contributed by atoms with E-state index < -0.39 is 17.9 Å². The van der Waals surface area contributed by atoms with Crippen molar-refractivity contribution in [3.05, 3.63) is 23.7 Å². The third kappa shape index (κ3) is 3.32. The normalized spacial score (nSPS) is 12.1. The van der Waals surface area contributed by atoms with Gasteiger partial charge in [-0.05, 0) is 6.07 Å². The number of nitrogens with one attached hydrogen (secondary N) is 1. The summed E-state index contributed by atoms with van der Waals surface area (Å²) in [6, 6.07) is 0.401. The predicted octanol–water partition coefficient (Wildman–Crippen LogP) is 0.407. The van der Waals surface area contributed by atoms with E-state index in [1.54, 1.807) is 0 Å². The minimum atomic E-state index is -1.17. The van der Waals surface area contributed by atoms with Crippen LogP contribution in [0.5, 0.6) is 0 Å². The molecule has 0 saturated carbocycles. The first-order valence-electron chi connectivity index (χ1n) is 5.31. The highest BCUT2D eigenvalue weighted by atomic mass is 16.4. The van der Waals surface area contributed by atoms with Gasteiger partial charge in [0.25, 0.3) is 5.91 Å². The fourth-order valence-electron chi connectivity index (χ4n) is 1.44. The van der Waals surface area contributed by atoms with E-state index in [-0.39, 0.29) is 13.0 Å². The van der Waals surface area contributed by atoms with Crippen molar-refractivity contribution in [2.24, 2.45) is 0 Å². The van der Waals surface area contributed by atoms with E-state index in [4.69, 9.17) is 14.6 Å². The fraction of sp³-hybridized carbons (Fsp3) is 0.455. The highest BCUT2D eigenvalue weighted by Gasteiger charge is 2.22. The fourth-order valence-corrected chi connectivity index (χ4v) is 1.44. The molecule has 0 saturated heterocycles. The van der Waals surface area contributed by atoms with Crippen molar-refractivity contribution in [2.75, 3.05) is 6.61 Å². The van der Waals surface area contributed by atoms with Crippen molar-refractivity contribution in [2.45, 2.75) is 25.8 Å².